The lowest BCUT2D eigenvalue weighted by molar-refractivity contribution is -0.199. The zero-order valence-corrected chi connectivity index (χ0v) is 7.50. The van der Waals surface area contributed by atoms with E-state index in [1.54, 1.807) is 0 Å². The molecule has 3 atom stereocenters. The predicted molar refractivity (Wildman–Crippen MR) is 42.6 cm³/mol. The number of fused-ring (bicyclic) bond motifs is 2. The van der Waals surface area contributed by atoms with E-state index in [0.29, 0.717) is 25.4 Å². The molecule has 2 fully saturated rings. The predicted octanol–water partition coefficient (Wildman–Crippen LogP) is 1.12. The normalized spacial score (nSPS) is 46.7. The third-order valence-corrected chi connectivity index (χ3v) is 2.85. The van der Waals surface area contributed by atoms with Crippen molar-refractivity contribution >= 4 is 5.78 Å². The van der Waals surface area contributed by atoms with E-state index < -0.39 is 5.79 Å². The van der Waals surface area contributed by atoms with Crippen molar-refractivity contribution in [1.82, 2.24) is 0 Å². The van der Waals surface area contributed by atoms with Crippen LogP contribution in [0.1, 0.15) is 26.7 Å². The number of hydrogen-bond acceptors (Lipinski definition) is 3. The Hall–Kier alpha value is -0.410. The average molecular weight is 170 g/mol. The largest absolute Gasteiger partial charge is 0.341 e. The third-order valence-electron chi connectivity index (χ3n) is 2.85. The van der Waals surface area contributed by atoms with Gasteiger partial charge < -0.3 is 9.47 Å². The van der Waals surface area contributed by atoms with Crippen molar-refractivity contribution in [2.75, 3.05) is 6.61 Å². The van der Waals surface area contributed by atoms with Gasteiger partial charge in [-0.2, -0.15) is 0 Å². The average Bonchev–Trinajstić information content (AvgIpc) is 2.44. The molecule has 0 amide bonds. The summed E-state index contributed by atoms with van der Waals surface area (Å²) in [6.45, 7) is 4.55. The molecule has 2 bridgehead atoms. The van der Waals surface area contributed by atoms with Crippen LogP contribution in [0.4, 0.5) is 0 Å². The first-order chi connectivity index (χ1) is 5.68. The molecule has 12 heavy (non-hydrogen) atoms. The van der Waals surface area contributed by atoms with Crippen LogP contribution in [0, 0.1) is 5.92 Å². The molecule has 2 heterocycles. The van der Waals surface area contributed by atoms with Gasteiger partial charge in [0.2, 0.25) is 5.79 Å². The highest BCUT2D eigenvalue weighted by atomic mass is 16.7. The van der Waals surface area contributed by atoms with E-state index >= 15 is 0 Å². The molecule has 2 aliphatic rings. The lowest BCUT2D eigenvalue weighted by atomic mass is 9.92. The number of ether oxygens (including phenoxy) is 2. The van der Waals surface area contributed by atoms with E-state index in [1.807, 2.05) is 13.8 Å². The minimum atomic E-state index is -0.864. The van der Waals surface area contributed by atoms with Crippen molar-refractivity contribution in [1.29, 1.82) is 0 Å². The first-order valence-corrected chi connectivity index (χ1v) is 4.53. The molecule has 2 rings (SSSR count). The number of rotatable bonds is 1. The zero-order chi connectivity index (χ0) is 8.77. The van der Waals surface area contributed by atoms with Crippen LogP contribution in [0.3, 0.4) is 0 Å². The van der Waals surface area contributed by atoms with E-state index in [0.717, 1.165) is 0 Å². The lowest BCUT2D eigenvalue weighted by Crippen LogP contribution is -2.45. The van der Waals surface area contributed by atoms with E-state index in [1.165, 1.54) is 0 Å². The highest BCUT2D eigenvalue weighted by Crippen LogP contribution is 2.38. The van der Waals surface area contributed by atoms with E-state index in [2.05, 4.69) is 0 Å². The van der Waals surface area contributed by atoms with Crippen molar-refractivity contribution in [3.63, 3.8) is 0 Å². The van der Waals surface area contributed by atoms with Gasteiger partial charge in [-0.1, -0.05) is 13.8 Å². The van der Waals surface area contributed by atoms with Crippen molar-refractivity contribution in [2.24, 2.45) is 5.92 Å². The van der Waals surface area contributed by atoms with Crippen molar-refractivity contribution in [3.05, 3.63) is 0 Å². The first-order valence-electron chi connectivity index (χ1n) is 4.53. The second-order valence-electron chi connectivity index (χ2n) is 3.68. The van der Waals surface area contributed by atoms with Crippen molar-refractivity contribution in [2.45, 2.75) is 38.6 Å². The fourth-order valence-electron chi connectivity index (χ4n) is 1.92. The third kappa shape index (κ3) is 0.930. The molecule has 2 aliphatic heterocycles. The SMILES string of the molecule is CCC12OCC(O1)C(C)CC2=O. The molecule has 0 N–H and O–H groups in total. The Morgan fingerprint density at radius 3 is 3.08 bits per heavy atom. The second-order valence-corrected chi connectivity index (χ2v) is 3.68. The molecular weight excluding hydrogens is 156 g/mol. The maximum atomic E-state index is 11.6. The Bertz CT molecular complexity index is 214. The topological polar surface area (TPSA) is 35.5 Å². The Morgan fingerprint density at radius 2 is 2.42 bits per heavy atom. The van der Waals surface area contributed by atoms with E-state index in [9.17, 15) is 4.79 Å². The maximum Gasteiger partial charge on any atom is 0.229 e. The molecule has 3 nitrogen and oxygen atoms in total. The van der Waals surface area contributed by atoms with Crippen LogP contribution in [0.15, 0.2) is 0 Å². The number of hydrogen-bond donors (Lipinski definition) is 0. The van der Waals surface area contributed by atoms with Crippen molar-refractivity contribution < 1.29 is 14.3 Å². The van der Waals surface area contributed by atoms with E-state index in [-0.39, 0.29) is 11.9 Å². The Balaban J connectivity index is 2.24. The van der Waals surface area contributed by atoms with Gasteiger partial charge in [0.15, 0.2) is 5.78 Å². The highest BCUT2D eigenvalue weighted by molar-refractivity contribution is 5.87. The summed E-state index contributed by atoms with van der Waals surface area (Å²) in [5, 5.41) is 0. The minimum absolute atomic E-state index is 0.117. The molecule has 3 heteroatoms. The standard InChI is InChI=1S/C9H14O3/c1-3-9-8(10)4-6(2)7(12-9)5-11-9/h6-7H,3-5H2,1-2H3. The summed E-state index contributed by atoms with van der Waals surface area (Å²) in [4.78, 5) is 11.6. The van der Waals surface area contributed by atoms with Gasteiger partial charge in [-0.15, -0.1) is 0 Å². The summed E-state index contributed by atoms with van der Waals surface area (Å²) in [6, 6.07) is 0. The number of Topliss-reactive ketones (excluding diaryl/α,β-unsaturated/α-hetero) is 1. The van der Waals surface area contributed by atoms with Crippen LogP contribution in [-0.2, 0) is 14.3 Å². The number of carbonyl (C=O) groups excluding carboxylic acids is 1. The number of ketones is 1. The van der Waals surface area contributed by atoms with Gasteiger partial charge in [0.25, 0.3) is 0 Å². The first kappa shape index (κ1) is 8.20. The summed E-state index contributed by atoms with van der Waals surface area (Å²) >= 11 is 0. The maximum absolute atomic E-state index is 11.6. The molecule has 0 saturated carbocycles. The fraction of sp³-hybridized carbons (Fsp3) is 0.889. The van der Waals surface area contributed by atoms with E-state index in [4.69, 9.17) is 9.47 Å². The van der Waals surface area contributed by atoms with Gasteiger partial charge in [-0.05, 0) is 5.92 Å². The van der Waals surface area contributed by atoms with Gasteiger partial charge in [0.1, 0.15) is 0 Å². The Labute approximate surface area is 72.0 Å². The van der Waals surface area contributed by atoms with Gasteiger partial charge in [-0.25, -0.2) is 0 Å². The molecule has 68 valence electrons. The molecular formula is C9H14O3. The summed E-state index contributed by atoms with van der Waals surface area (Å²) in [7, 11) is 0. The van der Waals surface area contributed by atoms with Gasteiger partial charge >= 0.3 is 0 Å². The van der Waals surface area contributed by atoms with Crippen LogP contribution in [0.5, 0.6) is 0 Å². The van der Waals surface area contributed by atoms with Crippen LogP contribution in [0.2, 0.25) is 0 Å². The quantitative estimate of drug-likeness (QED) is 0.591. The van der Waals surface area contributed by atoms with Crippen LogP contribution in [-0.4, -0.2) is 24.3 Å². The van der Waals surface area contributed by atoms with Crippen LogP contribution in [0.25, 0.3) is 0 Å². The molecule has 0 aromatic heterocycles. The van der Waals surface area contributed by atoms with Gasteiger partial charge in [0.05, 0.1) is 12.7 Å². The molecule has 2 saturated heterocycles. The molecule has 0 aliphatic carbocycles. The van der Waals surface area contributed by atoms with Gasteiger partial charge in [-0.3, -0.25) is 4.79 Å². The fourth-order valence-corrected chi connectivity index (χ4v) is 1.92. The Kier molecular flexibility index (Phi) is 1.73. The smallest absolute Gasteiger partial charge is 0.229 e. The highest BCUT2D eigenvalue weighted by Gasteiger charge is 2.52. The van der Waals surface area contributed by atoms with Crippen LogP contribution >= 0.6 is 0 Å². The Morgan fingerprint density at radius 1 is 1.67 bits per heavy atom. The monoisotopic (exact) mass is 170 g/mol. The summed E-state index contributed by atoms with van der Waals surface area (Å²) in [5.41, 5.74) is 0. The zero-order valence-electron chi connectivity index (χ0n) is 7.50. The molecule has 0 aromatic rings. The van der Waals surface area contributed by atoms with Gasteiger partial charge in [0, 0.05) is 12.8 Å². The molecule has 0 radical (unpaired) electrons. The minimum Gasteiger partial charge on any atom is -0.341 e. The summed E-state index contributed by atoms with van der Waals surface area (Å²) < 4.78 is 11.0. The molecule has 3 unspecified atom stereocenters. The summed E-state index contributed by atoms with van der Waals surface area (Å²) in [6.07, 6.45) is 1.38. The lowest BCUT2D eigenvalue weighted by Gasteiger charge is -2.31. The summed E-state index contributed by atoms with van der Waals surface area (Å²) in [5.74, 6) is -0.428. The molecule has 0 aromatic carbocycles. The van der Waals surface area contributed by atoms with Crippen molar-refractivity contribution in [3.8, 4) is 0 Å². The number of carbonyl (C=O) groups is 1. The van der Waals surface area contributed by atoms with Crippen LogP contribution < -0.4 is 0 Å². The molecule has 0 spiro atoms. The second kappa shape index (κ2) is 2.54.